The molecule has 1 saturated heterocycles. The van der Waals surface area contributed by atoms with Crippen LogP contribution in [0.25, 0.3) is 0 Å². The molecule has 2 aromatic rings. The normalized spacial score (nSPS) is 17.6. The molecule has 27 heavy (non-hydrogen) atoms. The maximum Gasteiger partial charge on any atom is 0.335 e. The lowest BCUT2D eigenvalue weighted by atomic mass is 10.2. The monoisotopic (exact) mass is 388 g/mol. The molecule has 0 radical (unpaired) electrons. The summed E-state index contributed by atoms with van der Waals surface area (Å²) in [5.74, 6) is -1.48. The number of aryl methyl sites for hydroxylation is 1. The van der Waals surface area contributed by atoms with Crippen LogP contribution in [0, 0.1) is 6.92 Å². The van der Waals surface area contributed by atoms with Gasteiger partial charge in [-0.05, 0) is 55.7 Å². The first kappa shape index (κ1) is 19.1. The number of hydrogen-bond acceptors (Lipinski definition) is 4. The number of carbonyl (C=O) groups excluding carboxylic acids is 1. The largest absolute Gasteiger partial charge is 0.478 e. The van der Waals surface area contributed by atoms with Gasteiger partial charge < -0.3 is 10.4 Å². The molecule has 3 rings (SSSR count). The molecule has 142 valence electrons. The van der Waals surface area contributed by atoms with Crippen LogP contribution in [0.1, 0.15) is 28.8 Å². The second-order valence-corrected chi connectivity index (χ2v) is 8.27. The van der Waals surface area contributed by atoms with Gasteiger partial charge in [-0.2, -0.15) is 4.31 Å². The Hall–Kier alpha value is -2.71. The zero-order valence-corrected chi connectivity index (χ0v) is 15.6. The molecule has 0 spiro atoms. The molecule has 1 amide bonds. The Morgan fingerprint density at radius 3 is 2.41 bits per heavy atom. The van der Waals surface area contributed by atoms with Crippen LogP contribution >= 0.6 is 0 Å². The Morgan fingerprint density at radius 1 is 1.11 bits per heavy atom. The van der Waals surface area contributed by atoms with Crippen molar-refractivity contribution in [3.8, 4) is 0 Å². The van der Waals surface area contributed by atoms with Crippen LogP contribution in [0.5, 0.6) is 0 Å². The highest BCUT2D eigenvalue weighted by molar-refractivity contribution is 7.89. The van der Waals surface area contributed by atoms with Crippen LogP contribution in [0.15, 0.2) is 53.4 Å². The molecule has 1 aliphatic rings. The van der Waals surface area contributed by atoms with E-state index in [4.69, 9.17) is 5.11 Å². The summed E-state index contributed by atoms with van der Waals surface area (Å²) in [5, 5.41) is 11.6. The Kier molecular flexibility index (Phi) is 5.29. The molecule has 1 aliphatic heterocycles. The first-order chi connectivity index (χ1) is 12.8. The maximum atomic E-state index is 13.0. The van der Waals surface area contributed by atoms with E-state index < -0.39 is 27.9 Å². The van der Waals surface area contributed by atoms with E-state index in [1.54, 1.807) is 31.2 Å². The molecule has 7 nitrogen and oxygen atoms in total. The van der Waals surface area contributed by atoms with E-state index in [9.17, 15) is 18.0 Å². The van der Waals surface area contributed by atoms with Crippen LogP contribution in [-0.2, 0) is 14.8 Å². The molecular formula is C19H20N2O5S. The van der Waals surface area contributed by atoms with Crippen LogP contribution < -0.4 is 5.32 Å². The van der Waals surface area contributed by atoms with E-state index in [1.165, 1.54) is 28.6 Å². The molecule has 1 heterocycles. The number of rotatable bonds is 5. The molecule has 8 heteroatoms. The molecule has 2 aromatic carbocycles. The van der Waals surface area contributed by atoms with Gasteiger partial charge in [-0.15, -0.1) is 0 Å². The van der Waals surface area contributed by atoms with Crippen molar-refractivity contribution in [2.75, 3.05) is 11.9 Å². The predicted molar refractivity (Wildman–Crippen MR) is 100 cm³/mol. The van der Waals surface area contributed by atoms with Crippen molar-refractivity contribution in [3.63, 3.8) is 0 Å². The van der Waals surface area contributed by atoms with Crippen LogP contribution in [0.3, 0.4) is 0 Å². The smallest absolute Gasteiger partial charge is 0.335 e. The predicted octanol–water partition coefficient (Wildman–Crippen LogP) is 2.49. The van der Waals surface area contributed by atoms with Crippen LogP contribution in [-0.4, -0.2) is 42.3 Å². The average molecular weight is 388 g/mol. The van der Waals surface area contributed by atoms with E-state index >= 15 is 0 Å². The average Bonchev–Trinajstić information content (AvgIpc) is 3.13. The number of amides is 1. The number of nitrogens with zero attached hydrogens (tertiary/aromatic N) is 1. The summed E-state index contributed by atoms with van der Waals surface area (Å²) < 4.78 is 27.3. The van der Waals surface area contributed by atoms with Gasteiger partial charge in [0.1, 0.15) is 6.04 Å². The van der Waals surface area contributed by atoms with E-state index in [1.807, 2.05) is 0 Å². The zero-order chi connectivity index (χ0) is 19.6. The van der Waals surface area contributed by atoms with Crippen molar-refractivity contribution < 1.29 is 23.1 Å². The quantitative estimate of drug-likeness (QED) is 0.819. The van der Waals surface area contributed by atoms with Gasteiger partial charge in [0.25, 0.3) is 0 Å². The molecule has 0 bridgehead atoms. The fraction of sp³-hybridized carbons (Fsp3) is 0.263. The van der Waals surface area contributed by atoms with Gasteiger partial charge in [-0.25, -0.2) is 13.2 Å². The highest BCUT2D eigenvalue weighted by atomic mass is 32.2. The van der Waals surface area contributed by atoms with Gasteiger partial charge in [-0.1, -0.05) is 18.2 Å². The lowest BCUT2D eigenvalue weighted by molar-refractivity contribution is -0.119. The fourth-order valence-corrected chi connectivity index (χ4v) is 5.07. The number of hydrogen-bond donors (Lipinski definition) is 2. The number of sulfonamides is 1. The number of benzene rings is 2. The number of carboxylic acid groups (broad SMARTS) is 1. The molecule has 1 fully saturated rings. The third kappa shape index (κ3) is 3.86. The highest BCUT2D eigenvalue weighted by Crippen LogP contribution is 2.28. The topological polar surface area (TPSA) is 104 Å². The minimum Gasteiger partial charge on any atom is -0.478 e. The SMILES string of the molecule is Cc1ccccc1S(=O)(=O)N1CCC[C@H]1C(=O)Nc1ccc(C(=O)O)cc1. The van der Waals surface area contributed by atoms with Gasteiger partial charge in [0.05, 0.1) is 10.5 Å². The Labute approximate surface area is 157 Å². The summed E-state index contributed by atoms with van der Waals surface area (Å²) in [6.45, 7) is 2.01. The van der Waals surface area contributed by atoms with Crippen LogP contribution in [0.4, 0.5) is 5.69 Å². The minimum absolute atomic E-state index is 0.109. The van der Waals surface area contributed by atoms with Crippen molar-refractivity contribution in [1.82, 2.24) is 4.31 Å². The second-order valence-electron chi connectivity index (χ2n) is 6.41. The van der Waals surface area contributed by atoms with Crippen molar-refractivity contribution in [1.29, 1.82) is 0 Å². The number of carboxylic acids is 1. The number of nitrogens with one attached hydrogen (secondary N) is 1. The lowest BCUT2D eigenvalue weighted by Crippen LogP contribution is -2.43. The molecule has 2 N–H and O–H groups in total. The van der Waals surface area contributed by atoms with Gasteiger partial charge >= 0.3 is 5.97 Å². The molecule has 0 saturated carbocycles. The van der Waals surface area contributed by atoms with Crippen molar-refractivity contribution in [3.05, 3.63) is 59.7 Å². The Bertz CT molecular complexity index is 970. The molecular weight excluding hydrogens is 368 g/mol. The Balaban J connectivity index is 1.80. The van der Waals surface area contributed by atoms with Crippen LogP contribution in [0.2, 0.25) is 0 Å². The highest BCUT2D eigenvalue weighted by Gasteiger charge is 2.39. The first-order valence-corrected chi connectivity index (χ1v) is 9.96. The molecule has 0 unspecified atom stereocenters. The number of anilines is 1. The summed E-state index contributed by atoms with van der Waals surface area (Å²) in [6.07, 6.45) is 1.03. The molecule has 1 atom stereocenters. The fourth-order valence-electron chi connectivity index (χ4n) is 3.18. The van der Waals surface area contributed by atoms with E-state index in [0.717, 1.165) is 0 Å². The third-order valence-corrected chi connectivity index (χ3v) is 6.65. The molecule has 0 aliphatic carbocycles. The minimum atomic E-state index is -3.78. The summed E-state index contributed by atoms with van der Waals surface area (Å²) in [5.41, 5.74) is 1.16. The van der Waals surface area contributed by atoms with Gasteiger partial charge in [-0.3, -0.25) is 4.79 Å². The van der Waals surface area contributed by atoms with Gasteiger partial charge in [0.2, 0.25) is 15.9 Å². The summed E-state index contributed by atoms with van der Waals surface area (Å²) in [4.78, 5) is 23.8. The van der Waals surface area contributed by atoms with Crippen molar-refractivity contribution in [2.24, 2.45) is 0 Å². The lowest BCUT2D eigenvalue weighted by Gasteiger charge is -2.24. The molecule has 0 aromatic heterocycles. The van der Waals surface area contributed by atoms with E-state index in [-0.39, 0.29) is 17.0 Å². The Morgan fingerprint density at radius 2 is 1.78 bits per heavy atom. The van der Waals surface area contributed by atoms with Crippen molar-refractivity contribution >= 4 is 27.6 Å². The second kappa shape index (κ2) is 7.50. The van der Waals surface area contributed by atoms with E-state index in [0.29, 0.717) is 24.1 Å². The van der Waals surface area contributed by atoms with E-state index in [2.05, 4.69) is 5.32 Å². The maximum absolute atomic E-state index is 13.0. The summed E-state index contributed by atoms with van der Waals surface area (Å²) in [6, 6.07) is 11.6. The summed E-state index contributed by atoms with van der Waals surface area (Å²) in [7, 11) is -3.78. The van der Waals surface area contributed by atoms with Crippen molar-refractivity contribution in [2.45, 2.75) is 30.7 Å². The number of carbonyl (C=O) groups is 2. The van der Waals surface area contributed by atoms with Gasteiger partial charge in [0, 0.05) is 12.2 Å². The van der Waals surface area contributed by atoms with Gasteiger partial charge in [0.15, 0.2) is 0 Å². The summed E-state index contributed by atoms with van der Waals surface area (Å²) >= 11 is 0. The zero-order valence-electron chi connectivity index (χ0n) is 14.8. The standard InChI is InChI=1S/C19H20N2O5S/c1-13-5-2-3-7-17(13)27(25,26)21-12-4-6-16(21)18(22)20-15-10-8-14(9-11-15)19(23)24/h2-3,5,7-11,16H,4,6,12H2,1H3,(H,20,22)(H,23,24)/t16-/m0/s1. The first-order valence-electron chi connectivity index (χ1n) is 8.52. The third-order valence-electron chi connectivity index (χ3n) is 4.59. The number of aromatic carboxylic acids is 1.